The summed E-state index contributed by atoms with van der Waals surface area (Å²) < 4.78 is 0. The average Bonchev–Trinajstić information content (AvgIpc) is 2.62. The highest BCUT2D eigenvalue weighted by molar-refractivity contribution is 7.10. The van der Waals surface area contributed by atoms with E-state index in [1.807, 2.05) is 4.90 Å². The summed E-state index contributed by atoms with van der Waals surface area (Å²) in [5.74, 6) is 0.0593. The summed E-state index contributed by atoms with van der Waals surface area (Å²) in [6, 6.07) is 1.77. The quantitative estimate of drug-likeness (QED) is 0.751. The van der Waals surface area contributed by atoms with Gasteiger partial charge in [0.05, 0.1) is 12.6 Å². The van der Waals surface area contributed by atoms with Crippen LogP contribution >= 0.6 is 11.3 Å². The molecule has 0 saturated heterocycles. The molecule has 14 heavy (non-hydrogen) atoms. The first-order valence-electron chi connectivity index (χ1n) is 4.78. The fraction of sp³-hybridized carbons (Fsp3) is 0.500. The summed E-state index contributed by atoms with van der Waals surface area (Å²) in [6.45, 7) is 3.30. The van der Waals surface area contributed by atoms with E-state index in [-0.39, 0.29) is 11.9 Å². The van der Waals surface area contributed by atoms with Crippen LogP contribution in [0.15, 0.2) is 11.4 Å². The van der Waals surface area contributed by atoms with Gasteiger partial charge in [0.2, 0.25) is 5.91 Å². The maximum atomic E-state index is 11.6. The van der Waals surface area contributed by atoms with E-state index in [4.69, 9.17) is 5.73 Å². The van der Waals surface area contributed by atoms with Gasteiger partial charge in [-0.15, -0.1) is 11.3 Å². The monoisotopic (exact) mass is 210 g/mol. The number of hydrogen-bond donors (Lipinski definition) is 1. The van der Waals surface area contributed by atoms with E-state index in [1.54, 1.807) is 18.3 Å². The minimum Gasteiger partial charge on any atom is -0.336 e. The lowest BCUT2D eigenvalue weighted by Gasteiger charge is -2.28. The predicted molar refractivity (Wildman–Crippen MR) is 57.1 cm³/mol. The number of amides is 1. The van der Waals surface area contributed by atoms with Gasteiger partial charge in [0, 0.05) is 11.4 Å². The molecule has 1 atom stereocenters. The van der Waals surface area contributed by atoms with Gasteiger partial charge in [-0.2, -0.15) is 0 Å². The van der Waals surface area contributed by atoms with Crippen molar-refractivity contribution in [2.45, 2.75) is 25.9 Å². The molecule has 0 radical (unpaired) electrons. The minimum absolute atomic E-state index is 0.0593. The molecular weight excluding hydrogens is 196 g/mol. The molecule has 1 aliphatic rings. The van der Waals surface area contributed by atoms with Gasteiger partial charge in [-0.3, -0.25) is 4.79 Å². The second kappa shape index (κ2) is 3.71. The Labute approximate surface area is 87.5 Å². The Hall–Kier alpha value is -0.870. The summed E-state index contributed by atoms with van der Waals surface area (Å²) in [5.41, 5.74) is 6.97. The zero-order chi connectivity index (χ0) is 10.1. The Morgan fingerprint density at radius 3 is 3.21 bits per heavy atom. The third-order valence-corrected chi connectivity index (χ3v) is 3.47. The summed E-state index contributed by atoms with van der Waals surface area (Å²) >= 11 is 1.72. The molecule has 1 aromatic heterocycles. The van der Waals surface area contributed by atoms with Crippen LogP contribution in [0, 0.1) is 0 Å². The van der Waals surface area contributed by atoms with E-state index in [0.717, 1.165) is 19.5 Å². The molecule has 0 aromatic carbocycles. The molecule has 2 rings (SSSR count). The molecule has 1 aliphatic heterocycles. The lowest BCUT2D eigenvalue weighted by atomic mass is 10.1. The fourth-order valence-electron chi connectivity index (χ4n) is 1.71. The predicted octanol–water partition coefficient (Wildman–Crippen LogP) is 0.980. The zero-order valence-electron chi connectivity index (χ0n) is 8.19. The molecule has 0 saturated carbocycles. The Kier molecular flexibility index (Phi) is 2.56. The smallest absolute Gasteiger partial charge is 0.239 e. The largest absolute Gasteiger partial charge is 0.336 e. The molecule has 2 heterocycles. The van der Waals surface area contributed by atoms with Gasteiger partial charge in [-0.05, 0) is 30.4 Å². The molecule has 0 bridgehead atoms. The molecule has 1 aromatic rings. The summed E-state index contributed by atoms with van der Waals surface area (Å²) in [5, 5.41) is 2.09. The molecule has 2 N–H and O–H groups in total. The van der Waals surface area contributed by atoms with Crippen molar-refractivity contribution in [1.29, 1.82) is 0 Å². The molecule has 0 fully saturated rings. The normalized spacial score (nSPS) is 17.7. The second-order valence-corrected chi connectivity index (χ2v) is 4.67. The van der Waals surface area contributed by atoms with Crippen LogP contribution in [0.1, 0.15) is 17.4 Å². The molecule has 1 amide bonds. The zero-order valence-corrected chi connectivity index (χ0v) is 9.01. The molecular formula is C10H14N2OS. The topological polar surface area (TPSA) is 46.3 Å². The van der Waals surface area contributed by atoms with Crippen molar-refractivity contribution in [2.24, 2.45) is 5.73 Å². The number of nitrogens with two attached hydrogens (primary N) is 1. The number of rotatable bonds is 1. The summed E-state index contributed by atoms with van der Waals surface area (Å²) in [7, 11) is 0. The molecule has 4 heteroatoms. The van der Waals surface area contributed by atoms with Crippen LogP contribution in [-0.2, 0) is 17.8 Å². The van der Waals surface area contributed by atoms with Crippen LogP contribution in [0.5, 0.6) is 0 Å². The first-order valence-corrected chi connectivity index (χ1v) is 5.66. The van der Waals surface area contributed by atoms with Gasteiger partial charge in [-0.25, -0.2) is 0 Å². The maximum Gasteiger partial charge on any atom is 0.239 e. The highest BCUT2D eigenvalue weighted by Gasteiger charge is 2.23. The number of carbonyl (C=O) groups excluding carboxylic acids is 1. The second-order valence-electron chi connectivity index (χ2n) is 3.67. The third-order valence-electron chi connectivity index (χ3n) is 2.52. The molecule has 0 spiro atoms. The van der Waals surface area contributed by atoms with Crippen molar-refractivity contribution in [3.8, 4) is 0 Å². The van der Waals surface area contributed by atoms with Crippen molar-refractivity contribution in [3.05, 3.63) is 21.9 Å². The summed E-state index contributed by atoms with van der Waals surface area (Å²) in [4.78, 5) is 14.8. The van der Waals surface area contributed by atoms with E-state index < -0.39 is 0 Å². The SMILES string of the molecule is C[C@@H](N)C(=O)N1CCc2ccsc2C1. The van der Waals surface area contributed by atoms with E-state index in [0.29, 0.717) is 0 Å². The number of carbonyl (C=O) groups is 1. The van der Waals surface area contributed by atoms with Gasteiger partial charge in [0.15, 0.2) is 0 Å². The number of nitrogens with zero attached hydrogens (tertiary/aromatic N) is 1. The molecule has 3 nitrogen and oxygen atoms in total. The fourth-order valence-corrected chi connectivity index (χ4v) is 2.66. The molecule has 76 valence electrons. The first kappa shape index (κ1) is 9.68. The van der Waals surface area contributed by atoms with Crippen molar-refractivity contribution >= 4 is 17.2 Å². The van der Waals surface area contributed by atoms with E-state index in [1.165, 1.54) is 10.4 Å². The minimum atomic E-state index is -0.378. The number of hydrogen-bond acceptors (Lipinski definition) is 3. The van der Waals surface area contributed by atoms with Gasteiger partial charge in [0.25, 0.3) is 0 Å². The van der Waals surface area contributed by atoms with E-state index >= 15 is 0 Å². The van der Waals surface area contributed by atoms with Crippen LogP contribution < -0.4 is 5.73 Å². The highest BCUT2D eigenvalue weighted by Crippen LogP contribution is 2.24. The van der Waals surface area contributed by atoms with Crippen LogP contribution in [-0.4, -0.2) is 23.4 Å². The Balaban J connectivity index is 2.11. The van der Waals surface area contributed by atoms with Crippen molar-refractivity contribution < 1.29 is 4.79 Å². The van der Waals surface area contributed by atoms with Crippen molar-refractivity contribution in [3.63, 3.8) is 0 Å². The van der Waals surface area contributed by atoms with Crippen LogP contribution in [0.2, 0.25) is 0 Å². The van der Waals surface area contributed by atoms with Crippen LogP contribution in [0.3, 0.4) is 0 Å². The van der Waals surface area contributed by atoms with Gasteiger partial charge < -0.3 is 10.6 Å². The highest BCUT2D eigenvalue weighted by atomic mass is 32.1. The van der Waals surface area contributed by atoms with Crippen LogP contribution in [0.4, 0.5) is 0 Å². The van der Waals surface area contributed by atoms with Gasteiger partial charge in [-0.1, -0.05) is 0 Å². The lowest BCUT2D eigenvalue weighted by molar-refractivity contribution is -0.133. The molecule has 0 unspecified atom stereocenters. The number of thiophene rings is 1. The van der Waals surface area contributed by atoms with Gasteiger partial charge >= 0.3 is 0 Å². The Bertz CT molecular complexity index is 346. The maximum absolute atomic E-state index is 11.6. The molecule has 0 aliphatic carbocycles. The third kappa shape index (κ3) is 1.67. The lowest BCUT2D eigenvalue weighted by Crippen LogP contribution is -2.44. The van der Waals surface area contributed by atoms with Crippen molar-refractivity contribution in [2.75, 3.05) is 6.54 Å². The standard InChI is InChI=1S/C10H14N2OS/c1-7(11)10(13)12-4-2-8-3-5-14-9(8)6-12/h3,5,7H,2,4,6,11H2,1H3/t7-/m1/s1. The average molecular weight is 210 g/mol. The van der Waals surface area contributed by atoms with Crippen molar-refractivity contribution in [1.82, 2.24) is 4.90 Å². The first-order chi connectivity index (χ1) is 6.68. The summed E-state index contributed by atoms with van der Waals surface area (Å²) in [6.07, 6.45) is 0.970. The van der Waals surface area contributed by atoms with Crippen LogP contribution in [0.25, 0.3) is 0 Å². The Morgan fingerprint density at radius 1 is 1.71 bits per heavy atom. The number of fused-ring (bicyclic) bond motifs is 1. The Morgan fingerprint density at radius 2 is 2.50 bits per heavy atom. The van der Waals surface area contributed by atoms with E-state index in [9.17, 15) is 4.79 Å². The van der Waals surface area contributed by atoms with E-state index in [2.05, 4.69) is 11.4 Å². The van der Waals surface area contributed by atoms with Gasteiger partial charge in [0.1, 0.15) is 0 Å².